The van der Waals surface area contributed by atoms with E-state index in [0.29, 0.717) is 10.3 Å². The van der Waals surface area contributed by atoms with Crippen molar-refractivity contribution in [3.8, 4) is 0 Å². The average molecular weight is 448 g/mol. The molecule has 0 aliphatic heterocycles. The van der Waals surface area contributed by atoms with Gasteiger partial charge in [-0.15, -0.1) is 0 Å². The van der Waals surface area contributed by atoms with Crippen LogP contribution in [0.2, 0.25) is 0 Å². The zero-order valence-corrected chi connectivity index (χ0v) is 18.7. The minimum atomic E-state index is -0.833. The molecule has 0 spiro atoms. The fraction of sp³-hybridized carbons (Fsp3) is 0.875. The Bertz CT molecular complexity index is 262. The molecule has 0 rings (SSSR count). The van der Waals surface area contributed by atoms with Gasteiger partial charge in [-0.1, -0.05) is 13.3 Å². The number of hydrogen-bond acceptors (Lipinski definition) is 2. The predicted molar refractivity (Wildman–Crippen MR) is 97.8 cm³/mol. The molecule has 0 aromatic heterocycles. The molecule has 23 heavy (non-hydrogen) atoms. The quantitative estimate of drug-likeness (QED) is 0.504. The van der Waals surface area contributed by atoms with Crippen LogP contribution in [0.25, 0.3) is 0 Å². The zero-order chi connectivity index (χ0) is 17.9. The molecule has 4 N–H and O–H groups in total. The van der Waals surface area contributed by atoms with Crippen molar-refractivity contribution in [1.29, 1.82) is 0 Å². The third-order valence-electron chi connectivity index (χ3n) is 2.59. The molecule has 0 aliphatic carbocycles. The van der Waals surface area contributed by atoms with E-state index in [1.54, 1.807) is 0 Å². The summed E-state index contributed by atoms with van der Waals surface area (Å²) in [7, 11) is -0.238. The molecule has 5 nitrogen and oxygen atoms in total. The number of carboxylic acid groups (broad SMARTS) is 2. The Morgan fingerprint density at radius 3 is 1.22 bits per heavy atom. The van der Waals surface area contributed by atoms with Crippen LogP contribution in [-0.2, 0) is 30.0 Å². The molecule has 0 fully saturated rings. The maximum absolute atomic E-state index is 9.00. The first-order chi connectivity index (χ1) is 9.16. The van der Waals surface area contributed by atoms with Crippen LogP contribution in [0.5, 0.6) is 0 Å². The van der Waals surface area contributed by atoms with E-state index in [9.17, 15) is 0 Å². The van der Waals surface area contributed by atoms with Crippen molar-refractivity contribution < 1.29 is 45.7 Å². The summed E-state index contributed by atoms with van der Waals surface area (Å²) in [5.41, 5.74) is 0. The molecule has 7 heteroatoms. The van der Waals surface area contributed by atoms with Crippen LogP contribution in [0.15, 0.2) is 0 Å². The molecule has 0 aliphatic rings. The molecular formula is C16H38O5PPd+. The SMILES string of the molecule is CC(=O)O.CC(=O)O.CCCC[PH+](C(C)(C)C)C(C)(C)C.O.[Pd]. The monoisotopic (exact) mass is 447 g/mol. The Kier molecular flexibility index (Phi) is 25.1. The summed E-state index contributed by atoms with van der Waals surface area (Å²) >= 11 is 0. The fourth-order valence-electron chi connectivity index (χ4n) is 2.23. The van der Waals surface area contributed by atoms with Gasteiger partial charge in [0.05, 0.1) is 16.5 Å². The Morgan fingerprint density at radius 2 is 1.09 bits per heavy atom. The van der Waals surface area contributed by atoms with Crippen molar-refractivity contribution in [2.75, 3.05) is 6.16 Å². The Balaban J connectivity index is -0.0000000909. The first kappa shape index (κ1) is 34.4. The maximum atomic E-state index is 9.00. The van der Waals surface area contributed by atoms with Gasteiger partial charge in [0.25, 0.3) is 11.9 Å². The van der Waals surface area contributed by atoms with Gasteiger partial charge in [-0.2, -0.15) is 0 Å². The van der Waals surface area contributed by atoms with Gasteiger partial charge in [0.15, 0.2) is 0 Å². The van der Waals surface area contributed by atoms with E-state index in [1.165, 1.54) is 19.0 Å². The van der Waals surface area contributed by atoms with Crippen LogP contribution in [0.1, 0.15) is 75.2 Å². The van der Waals surface area contributed by atoms with Gasteiger partial charge in [0.2, 0.25) is 0 Å². The molecule has 0 bridgehead atoms. The van der Waals surface area contributed by atoms with Crippen LogP contribution in [0.4, 0.5) is 0 Å². The summed E-state index contributed by atoms with van der Waals surface area (Å²) in [5.74, 6) is -1.67. The standard InChI is InChI=1S/C12H27P.2C2H4O2.H2O.Pd/c1-8-9-10-13(11(2,3)4)12(5,6)7;2*1-2(3)4;;/h8-10H2,1-7H3;2*1H3,(H,3,4);1H2;/p+1. The van der Waals surface area contributed by atoms with E-state index in [2.05, 4.69) is 48.5 Å². The summed E-state index contributed by atoms with van der Waals surface area (Å²) in [5, 5.41) is 15.9. The Morgan fingerprint density at radius 1 is 0.870 bits per heavy atom. The second kappa shape index (κ2) is 16.8. The smallest absolute Gasteiger partial charge is 0.300 e. The third-order valence-corrected chi connectivity index (χ3v) is 7.07. The summed E-state index contributed by atoms with van der Waals surface area (Å²) in [4.78, 5) is 18.0. The average Bonchev–Trinajstić information content (AvgIpc) is 2.11. The molecule has 0 heterocycles. The predicted octanol–water partition coefficient (Wildman–Crippen LogP) is 3.95. The van der Waals surface area contributed by atoms with Gasteiger partial charge in [-0.25, -0.2) is 0 Å². The van der Waals surface area contributed by atoms with Crippen molar-refractivity contribution in [2.24, 2.45) is 0 Å². The zero-order valence-electron chi connectivity index (χ0n) is 16.1. The summed E-state index contributed by atoms with van der Waals surface area (Å²) in [6, 6.07) is 0. The van der Waals surface area contributed by atoms with Crippen molar-refractivity contribution in [3.05, 3.63) is 0 Å². The van der Waals surface area contributed by atoms with Crippen molar-refractivity contribution in [1.82, 2.24) is 0 Å². The Hall–Kier alpha value is -0.00766. The topological polar surface area (TPSA) is 106 Å². The molecule has 0 unspecified atom stereocenters. The molecule has 0 aromatic rings. The first-order valence-corrected chi connectivity index (χ1v) is 9.12. The minimum absolute atomic E-state index is 0. The fourth-order valence-corrected chi connectivity index (χ4v) is 6.69. The molecular weight excluding hydrogens is 410 g/mol. The van der Waals surface area contributed by atoms with E-state index >= 15 is 0 Å². The summed E-state index contributed by atoms with van der Waals surface area (Å²) in [6.45, 7) is 19.0. The molecule has 0 radical (unpaired) electrons. The van der Waals surface area contributed by atoms with E-state index in [-0.39, 0.29) is 33.8 Å². The van der Waals surface area contributed by atoms with Gasteiger partial charge < -0.3 is 15.7 Å². The van der Waals surface area contributed by atoms with Crippen LogP contribution in [-0.4, -0.2) is 44.1 Å². The van der Waals surface area contributed by atoms with E-state index in [1.807, 2.05) is 0 Å². The van der Waals surface area contributed by atoms with Crippen molar-refractivity contribution in [3.63, 3.8) is 0 Å². The largest absolute Gasteiger partial charge is 0.481 e. The minimum Gasteiger partial charge on any atom is -0.481 e. The van der Waals surface area contributed by atoms with Gasteiger partial charge in [0, 0.05) is 42.2 Å². The van der Waals surface area contributed by atoms with Crippen LogP contribution in [0, 0.1) is 0 Å². The van der Waals surface area contributed by atoms with Gasteiger partial charge in [-0.05, 0) is 48.0 Å². The van der Waals surface area contributed by atoms with Crippen LogP contribution >= 0.6 is 7.92 Å². The normalized spacial score (nSPS) is 10.0. The number of rotatable bonds is 3. The third kappa shape index (κ3) is 34.4. The second-order valence-electron chi connectivity index (χ2n) is 7.12. The number of carbonyl (C=O) groups is 2. The molecule has 0 saturated heterocycles. The summed E-state index contributed by atoms with van der Waals surface area (Å²) < 4.78 is 0. The van der Waals surface area contributed by atoms with E-state index in [0.717, 1.165) is 13.8 Å². The van der Waals surface area contributed by atoms with Gasteiger partial charge in [0.1, 0.15) is 0 Å². The van der Waals surface area contributed by atoms with Crippen LogP contribution in [0.3, 0.4) is 0 Å². The van der Waals surface area contributed by atoms with Crippen molar-refractivity contribution >= 4 is 19.9 Å². The molecule has 0 amide bonds. The molecule has 0 atom stereocenters. The van der Waals surface area contributed by atoms with Gasteiger partial charge >= 0.3 is 0 Å². The van der Waals surface area contributed by atoms with Crippen LogP contribution < -0.4 is 0 Å². The summed E-state index contributed by atoms with van der Waals surface area (Å²) in [6.07, 6.45) is 4.25. The number of carboxylic acids is 2. The number of aliphatic carboxylic acids is 2. The number of unbranched alkanes of at least 4 members (excludes halogenated alkanes) is 1. The second-order valence-corrected chi connectivity index (χ2v) is 11.6. The Labute approximate surface area is 157 Å². The van der Waals surface area contributed by atoms with E-state index in [4.69, 9.17) is 19.8 Å². The van der Waals surface area contributed by atoms with E-state index < -0.39 is 11.9 Å². The van der Waals surface area contributed by atoms with Crippen molar-refractivity contribution in [2.45, 2.75) is 85.5 Å². The number of hydrogen-bond donors (Lipinski definition) is 2. The molecule has 0 saturated carbocycles. The molecule has 0 aromatic carbocycles. The van der Waals surface area contributed by atoms with Gasteiger partial charge in [-0.3, -0.25) is 9.59 Å². The molecule has 146 valence electrons. The maximum Gasteiger partial charge on any atom is 0.300 e. The first-order valence-electron chi connectivity index (χ1n) is 7.42.